The minimum absolute atomic E-state index is 1.19. The average Bonchev–Trinajstić information content (AvgIpc) is 3.10. The maximum absolute atomic E-state index is 2.93. The molecule has 1 aliphatic heterocycles. The largest absolute Gasteiger partial charge is 0.378 e. The third-order valence-corrected chi connectivity index (χ3v) is 21.3. The van der Waals surface area contributed by atoms with E-state index in [-0.39, 0.29) is 0 Å². The SMILES string of the molecule is CN(C)c1ccc(N2[Si](c3ccccc3)(c3ccccc3)N(c3ccc(N(C)C)cc3)[Si]2(c2ccccc2)c2ccccc2)cc1. The smallest absolute Gasteiger partial charge is 0.318 e. The minimum Gasteiger partial charge on any atom is -0.378 e. The van der Waals surface area contributed by atoms with Crippen molar-refractivity contribution in [1.29, 1.82) is 0 Å². The minimum atomic E-state index is -2.92. The Hall–Kier alpha value is -5.05. The monoisotopic (exact) mass is 632 g/mol. The standard InChI is InChI=1S/C40H40N4Si2/c1-41(2)33-25-29-35(30-26-33)43-45(37-17-9-5-10-18-37,38-19-11-6-12-20-38)44(36-31-27-34(28-32-36)42(3)4)46(43,39-21-13-7-14-22-39)40-23-15-8-16-24-40/h5-32H,1-4H3. The van der Waals surface area contributed by atoms with E-state index in [2.05, 4.69) is 216 Å². The Morgan fingerprint density at radius 3 is 0.783 bits per heavy atom. The van der Waals surface area contributed by atoms with Gasteiger partial charge in [-0.2, -0.15) is 0 Å². The van der Waals surface area contributed by atoms with Gasteiger partial charge in [-0.25, -0.2) is 0 Å². The molecule has 0 unspecified atom stereocenters. The molecule has 0 saturated carbocycles. The van der Waals surface area contributed by atoms with Crippen molar-refractivity contribution in [2.75, 3.05) is 46.5 Å². The molecule has 0 N–H and O–H groups in total. The molecule has 0 aromatic heterocycles. The summed E-state index contributed by atoms with van der Waals surface area (Å²) in [5, 5.41) is 5.46. The summed E-state index contributed by atoms with van der Waals surface area (Å²) < 4.78 is 5.85. The molecule has 46 heavy (non-hydrogen) atoms. The molecule has 0 aliphatic carbocycles. The fourth-order valence-corrected chi connectivity index (χ4v) is 22.5. The summed E-state index contributed by atoms with van der Waals surface area (Å²) in [4.78, 5) is 4.35. The normalized spacial score (nSPS) is 14.8. The fourth-order valence-electron chi connectivity index (χ4n) is 7.22. The lowest BCUT2D eigenvalue weighted by atomic mass is 10.3. The van der Waals surface area contributed by atoms with Crippen LogP contribution >= 0.6 is 0 Å². The molecular weight excluding hydrogens is 593 g/mol. The van der Waals surface area contributed by atoms with E-state index in [4.69, 9.17) is 0 Å². The topological polar surface area (TPSA) is 13.0 Å². The highest BCUT2D eigenvalue weighted by Crippen LogP contribution is 2.46. The summed E-state index contributed by atoms with van der Waals surface area (Å²) in [5.41, 5.74) is 4.90. The van der Waals surface area contributed by atoms with Gasteiger partial charge < -0.3 is 18.3 Å². The Bertz CT molecular complexity index is 1650. The van der Waals surface area contributed by atoms with Gasteiger partial charge in [-0.15, -0.1) is 0 Å². The summed E-state index contributed by atoms with van der Waals surface area (Å²) >= 11 is 0. The Morgan fingerprint density at radius 2 is 0.565 bits per heavy atom. The third-order valence-electron chi connectivity index (χ3n) is 9.25. The highest BCUT2D eigenvalue weighted by molar-refractivity contribution is 7.38. The molecule has 1 heterocycles. The molecule has 0 amide bonds. The van der Waals surface area contributed by atoms with E-state index in [0.29, 0.717) is 0 Å². The van der Waals surface area contributed by atoms with Crippen LogP contribution in [0.2, 0.25) is 0 Å². The first kappa shape index (κ1) is 29.7. The van der Waals surface area contributed by atoms with Crippen molar-refractivity contribution in [3.05, 3.63) is 170 Å². The highest BCUT2D eigenvalue weighted by atomic mass is 28.5. The summed E-state index contributed by atoms with van der Waals surface area (Å²) in [6, 6.07) is 63.6. The van der Waals surface area contributed by atoms with E-state index < -0.39 is 16.8 Å². The molecule has 0 spiro atoms. The van der Waals surface area contributed by atoms with Gasteiger partial charge in [0.05, 0.1) is 0 Å². The van der Waals surface area contributed by atoms with Gasteiger partial charge in [0, 0.05) is 50.9 Å². The van der Waals surface area contributed by atoms with Crippen LogP contribution < -0.4 is 39.0 Å². The zero-order valence-electron chi connectivity index (χ0n) is 27.0. The predicted octanol–water partition coefficient (Wildman–Crippen LogP) is 5.66. The lowest BCUT2D eigenvalue weighted by molar-refractivity contribution is 1.13. The van der Waals surface area contributed by atoms with Crippen molar-refractivity contribution in [2.45, 2.75) is 0 Å². The van der Waals surface area contributed by atoms with Gasteiger partial charge in [0.15, 0.2) is 0 Å². The van der Waals surface area contributed by atoms with Crippen LogP contribution in [-0.2, 0) is 0 Å². The van der Waals surface area contributed by atoms with Crippen LogP contribution in [0, 0.1) is 0 Å². The Kier molecular flexibility index (Phi) is 7.76. The number of nitrogens with zero attached hydrogens (tertiary/aromatic N) is 4. The van der Waals surface area contributed by atoms with Crippen molar-refractivity contribution in [3.63, 3.8) is 0 Å². The molecule has 7 rings (SSSR count). The quantitative estimate of drug-likeness (QED) is 0.201. The number of hydrogen-bond acceptors (Lipinski definition) is 4. The molecule has 1 aliphatic rings. The Labute approximate surface area is 275 Å². The number of hydrogen-bond donors (Lipinski definition) is 0. The second-order valence-electron chi connectivity index (χ2n) is 12.3. The van der Waals surface area contributed by atoms with Gasteiger partial charge in [-0.05, 0) is 69.3 Å². The van der Waals surface area contributed by atoms with Crippen molar-refractivity contribution in [1.82, 2.24) is 0 Å². The van der Waals surface area contributed by atoms with Crippen LogP contribution in [0.1, 0.15) is 0 Å². The maximum Gasteiger partial charge on any atom is 0.318 e. The van der Waals surface area contributed by atoms with Crippen LogP contribution in [0.15, 0.2) is 170 Å². The third kappa shape index (κ3) is 4.56. The average molecular weight is 633 g/mol. The van der Waals surface area contributed by atoms with E-state index in [9.17, 15) is 0 Å². The van der Waals surface area contributed by atoms with Crippen LogP contribution in [0.4, 0.5) is 22.7 Å². The van der Waals surface area contributed by atoms with Gasteiger partial charge in [0.2, 0.25) is 0 Å². The highest BCUT2D eigenvalue weighted by Gasteiger charge is 2.74. The number of anilines is 4. The van der Waals surface area contributed by atoms with Crippen LogP contribution in [-0.4, -0.2) is 45.0 Å². The molecule has 1 saturated heterocycles. The van der Waals surface area contributed by atoms with Crippen molar-refractivity contribution >= 4 is 60.3 Å². The Morgan fingerprint density at radius 1 is 0.326 bits per heavy atom. The fraction of sp³-hybridized carbons (Fsp3) is 0.100. The van der Waals surface area contributed by atoms with E-state index in [1.807, 2.05) is 0 Å². The second kappa shape index (κ2) is 12.0. The molecule has 228 valence electrons. The summed E-state index contributed by atoms with van der Waals surface area (Å²) in [6.45, 7) is 0. The molecule has 0 radical (unpaired) electrons. The lowest BCUT2D eigenvalue weighted by Crippen LogP contribution is -3.07. The van der Waals surface area contributed by atoms with Crippen LogP contribution in [0.3, 0.4) is 0 Å². The predicted molar refractivity (Wildman–Crippen MR) is 202 cm³/mol. The van der Waals surface area contributed by atoms with Crippen LogP contribution in [0.25, 0.3) is 0 Å². The van der Waals surface area contributed by atoms with E-state index in [1.54, 1.807) is 0 Å². The zero-order chi connectivity index (χ0) is 31.7. The molecule has 6 aromatic rings. The molecule has 0 bridgehead atoms. The summed E-state index contributed by atoms with van der Waals surface area (Å²) in [6.07, 6.45) is 0. The summed E-state index contributed by atoms with van der Waals surface area (Å²) in [5.74, 6) is 0. The maximum atomic E-state index is 2.93. The molecular formula is C40H40N4Si2. The summed E-state index contributed by atoms with van der Waals surface area (Å²) in [7, 11) is 2.59. The molecule has 6 heteroatoms. The second-order valence-corrected chi connectivity index (χ2v) is 20.0. The lowest BCUT2D eigenvalue weighted by Gasteiger charge is -2.73. The van der Waals surface area contributed by atoms with Gasteiger partial charge in [0.25, 0.3) is 0 Å². The number of benzene rings is 6. The van der Waals surface area contributed by atoms with Crippen LogP contribution in [0.5, 0.6) is 0 Å². The van der Waals surface area contributed by atoms with Gasteiger partial charge >= 0.3 is 16.8 Å². The molecule has 0 atom stereocenters. The van der Waals surface area contributed by atoms with Crippen molar-refractivity contribution < 1.29 is 0 Å². The first-order valence-electron chi connectivity index (χ1n) is 15.9. The molecule has 6 aromatic carbocycles. The molecule has 1 fully saturated rings. The van der Waals surface area contributed by atoms with Crippen molar-refractivity contribution in [2.24, 2.45) is 0 Å². The van der Waals surface area contributed by atoms with E-state index >= 15 is 0 Å². The van der Waals surface area contributed by atoms with Crippen molar-refractivity contribution in [3.8, 4) is 0 Å². The van der Waals surface area contributed by atoms with Gasteiger partial charge in [0.1, 0.15) is 0 Å². The number of rotatable bonds is 8. The van der Waals surface area contributed by atoms with E-state index in [1.165, 1.54) is 43.5 Å². The first-order valence-corrected chi connectivity index (χ1v) is 19.7. The zero-order valence-corrected chi connectivity index (χ0v) is 29.0. The Balaban J connectivity index is 1.65. The van der Waals surface area contributed by atoms with E-state index in [0.717, 1.165) is 0 Å². The first-order chi connectivity index (χ1) is 22.5. The van der Waals surface area contributed by atoms with Gasteiger partial charge in [-0.1, -0.05) is 121 Å². The molecule has 4 nitrogen and oxygen atoms in total. The van der Waals surface area contributed by atoms with Gasteiger partial charge in [-0.3, -0.25) is 0 Å².